The molecule has 7 nitrogen and oxygen atoms in total. The van der Waals surface area contributed by atoms with Crippen molar-refractivity contribution in [3.8, 4) is 0 Å². The number of likely N-dealkylation sites (tertiary alicyclic amines) is 1. The first kappa shape index (κ1) is 18.2. The molecule has 0 bridgehead atoms. The summed E-state index contributed by atoms with van der Waals surface area (Å²) in [6.45, 7) is 7.00. The standard InChI is InChI=1S/C19H26N4O3/c1-5-16-10-20-17(26-16)12-23(14(3)24)15-7-9-22(11-15)19(25)18-13(2)6-8-21(18)4/h6,8,10,15H,5,7,9,11-12H2,1-4H3. The molecule has 0 spiro atoms. The fraction of sp³-hybridized carbons (Fsp3) is 0.526. The van der Waals surface area contributed by atoms with Crippen LogP contribution in [0.15, 0.2) is 22.9 Å². The Hall–Kier alpha value is -2.57. The Balaban J connectivity index is 1.70. The topological polar surface area (TPSA) is 71.6 Å². The van der Waals surface area contributed by atoms with E-state index < -0.39 is 0 Å². The molecule has 7 heteroatoms. The largest absolute Gasteiger partial charge is 0.444 e. The van der Waals surface area contributed by atoms with Crippen LogP contribution in [0.3, 0.4) is 0 Å². The number of rotatable bonds is 5. The van der Waals surface area contributed by atoms with Crippen LogP contribution in [0.5, 0.6) is 0 Å². The number of hydrogen-bond donors (Lipinski definition) is 0. The lowest BCUT2D eigenvalue weighted by atomic mass is 10.2. The van der Waals surface area contributed by atoms with Gasteiger partial charge in [-0.15, -0.1) is 0 Å². The van der Waals surface area contributed by atoms with E-state index in [4.69, 9.17) is 4.42 Å². The molecule has 0 aliphatic carbocycles. The van der Waals surface area contributed by atoms with Crippen molar-refractivity contribution in [3.05, 3.63) is 41.4 Å². The molecular weight excluding hydrogens is 332 g/mol. The quantitative estimate of drug-likeness (QED) is 0.821. The van der Waals surface area contributed by atoms with Crippen LogP contribution in [0.4, 0.5) is 0 Å². The second kappa shape index (κ2) is 7.35. The molecule has 140 valence electrons. The van der Waals surface area contributed by atoms with Crippen molar-refractivity contribution in [1.29, 1.82) is 0 Å². The van der Waals surface area contributed by atoms with Crippen molar-refractivity contribution >= 4 is 11.8 Å². The molecular formula is C19H26N4O3. The SMILES string of the molecule is CCc1cnc(CN(C(C)=O)C2CCN(C(=O)c3c(C)ccn3C)C2)o1. The molecule has 0 radical (unpaired) electrons. The van der Waals surface area contributed by atoms with Gasteiger partial charge in [0.2, 0.25) is 11.8 Å². The second-order valence-corrected chi connectivity index (χ2v) is 6.87. The van der Waals surface area contributed by atoms with E-state index in [0.29, 0.717) is 31.2 Å². The van der Waals surface area contributed by atoms with Crippen molar-refractivity contribution < 1.29 is 14.0 Å². The van der Waals surface area contributed by atoms with Gasteiger partial charge in [0.15, 0.2) is 0 Å². The summed E-state index contributed by atoms with van der Waals surface area (Å²) in [6, 6.07) is 1.92. The number of hydrogen-bond acceptors (Lipinski definition) is 4. The smallest absolute Gasteiger partial charge is 0.270 e. The summed E-state index contributed by atoms with van der Waals surface area (Å²) < 4.78 is 7.50. The fourth-order valence-corrected chi connectivity index (χ4v) is 3.53. The predicted molar refractivity (Wildman–Crippen MR) is 96.6 cm³/mol. The molecule has 0 aromatic carbocycles. The van der Waals surface area contributed by atoms with E-state index in [1.165, 1.54) is 0 Å². The molecule has 0 N–H and O–H groups in total. The number of aromatic nitrogens is 2. The van der Waals surface area contributed by atoms with Crippen LogP contribution in [0.25, 0.3) is 0 Å². The molecule has 2 amide bonds. The first-order valence-electron chi connectivity index (χ1n) is 9.02. The van der Waals surface area contributed by atoms with Gasteiger partial charge in [-0.3, -0.25) is 9.59 Å². The third-order valence-corrected chi connectivity index (χ3v) is 5.03. The molecule has 1 saturated heterocycles. The number of oxazole rings is 1. The molecule has 3 rings (SSSR count). The summed E-state index contributed by atoms with van der Waals surface area (Å²) in [6.07, 6.45) is 5.13. The molecule has 2 aromatic rings. The lowest BCUT2D eigenvalue weighted by molar-refractivity contribution is -0.132. The van der Waals surface area contributed by atoms with Crippen LogP contribution in [-0.4, -0.2) is 50.3 Å². The van der Waals surface area contributed by atoms with Crippen molar-refractivity contribution in [2.24, 2.45) is 7.05 Å². The molecule has 1 unspecified atom stereocenters. The average molecular weight is 358 g/mol. The van der Waals surface area contributed by atoms with Crippen LogP contribution in [0.2, 0.25) is 0 Å². The minimum absolute atomic E-state index is 0.0189. The van der Waals surface area contributed by atoms with Crippen LogP contribution in [0.1, 0.15) is 48.0 Å². The van der Waals surface area contributed by atoms with E-state index in [9.17, 15) is 9.59 Å². The Morgan fingerprint density at radius 3 is 2.77 bits per heavy atom. The van der Waals surface area contributed by atoms with Crippen molar-refractivity contribution in [1.82, 2.24) is 19.4 Å². The van der Waals surface area contributed by atoms with E-state index in [1.807, 2.05) is 42.6 Å². The third kappa shape index (κ3) is 3.52. The number of amides is 2. The van der Waals surface area contributed by atoms with E-state index >= 15 is 0 Å². The van der Waals surface area contributed by atoms with Gasteiger partial charge in [-0.1, -0.05) is 6.92 Å². The van der Waals surface area contributed by atoms with Crippen molar-refractivity contribution in [3.63, 3.8) is 0 Å². The molecule has 26 heavy (non-hydrogen) atoms. The summed E-state index contributed by atoms with van der Waals surface area (Å²) in [5.41, 5.74) is 1.68. The maximum atomic E-state index is 12.9. The highest BCUT2D eigenvalue weighted by atomic mass is 16.4. The highest BCUT2D eigenvalue weighted by Crippen LogP contribution is 2.22. The van der Waals surface area contributed by atoms with Gasteiger partial charge in [0, 0.05) is 39.7 Å². The molecule has 1 fully saturated rings. The zero-order valence-corrected chi connectivity index (χ0v) is 15.9. The van der Waals surface area contributed by atoms with Gasteiger partial charge in [0.1, 0.15) is 11.5 Å². The summed E-state index contributed by atoms with van der Waals surface area (Å²) in [7, 11) is 1.88. The Labute approximate surface area is 153 Å². The molecule has 0 saturated carbocycles. The third-order valence-electron chi connectivity index (χ3n) is 5.03. The van der Waals surface area contributed by atoms with Gasteiger partial charge in [0.05, 0.1) is 18.8 Å². The van der Waals surface area contributed by atoms with E-state index in [-0.39, 0.29) is 17.9 Å². The van der Waals surface area contributed by atoms with Gasteiger partial charge >= 0.3 is 0 Å². The van der Waals surface area contributed by atoms with Gasteiger partial charge < -0.3 is 18.8 Å². The summed E-state index contributed by atoms with van der Waals surface area (Å²) in [5.74, 6) is 1.34. The Morgan fingerprint density at radius 2 is 2.19 bits per heavy atom. The Morgan fingerprint density at radius 1 is 1.42 bits per heavy atom. The van der Waals surface area contributed by atoms with Crippen molar-refractivity contribution in [2.75, 3.05) is 13.1 Å². The number of carbonyl (C=O) groups excluding carboxylic acids is 2. The highest BCUT2D eigenvalue weighted by Gasteiger charge is 2.34. The Kier molecular flexibility index (Phi) is 5.15. The maximum absolute atomic E-state index is 12.9. The molecule has 3 heterocycles. The van der Waals surface area contributed by atoms with Gasteiger partial charge in [-0.05, 0) is 25.0 Å². The normalized spacial score (nSPS) is 16.9. The van der Waals surface area contributed by atoms with Crippen LogP contribution in [0, 0.1) is 6.92 Å². The number of carbonyl (C=O) groups is 2. The summed E-state index contributed by atoms with van der Waals surface area (Å²) in [5, 5.41) is 0. The average Bonchev–Trinajstić information content (AvgIpc) is 3.32. The second-order valence-electron chi connectivity index (χ2n) is 6.87. The van der Waals surface area contributed by atoms with Gasteiger partial charge in [0.25, 0.3) is 5.91 Å². The van der Waals surface area contributed by atoms with E-state index in [1.54, 1.807) is 18.0 Å². The number of aryl methyl sites for hydroxylation is 3. The zero-order chi connectivity index (χ0) is 18.8. The summed E-state index contributed by atoms with van der Waals surface area (Å²) >= 11 is 0. The van der Waals surface area contributed by atoms with Gasteiger partial charge in [-0.25, -0.2) is 4.98 Å². The number of nitrogens with zero attached hydrogens (tertiary/aromatic N) is 4. The molecule has 1 atom stereocenters. The lowest BCUT2D eigenvalue weighted by Gasteiger charge is -2.27. The van der Waals surface area contributed by atoms with E-state index in [0.717, 1.165) is 24.2 Å². The Bertz CT molecular complexity index is 788. The maximum Gasteiger partial charge on any atom is 0.270 e. The van der Waals surface area contributed by atoms with Crippen LogP contribution < -0.4 is 0 Å². The monoisotopic (exact) mass is 358 g/mol. The van der Waals surface area contributed by atoms with Gasteiger partial charge in [-0.2, -0.15) is 0 Å². The van der Waals surface area contributed by atoms with E-state index in [2.05, 4.69) is 4.98 Å². The minimum atomic E-state index is -0.0319. The minimum Gasteiger partial charge on any atom is -0.444 e. The summed E-state index contributed by atoms with van der Waals surface area (Å²) in [4.78, 5) is 32.9. The van der Waals surface area contributed by atoms with Crippen LogP contribution >= 0.6 is 0 Å². The fourth-order valence-electron chi connectivity index (χ4n) is 3.53. The highest BCUT2D eigenvalue weighted by molar-refractivity contribution is 5.94. The first-order chi connectivity index (χ1) is 12.4. The zero-order valence-electron chi connectivity index (χ0n) is 15.9. The lowest BCUT2D eigenvalue weighted by Crippen LogP contribution is -2.41. The molecule has 2 aromatic heterocycles. The molecule has 1 aliphatic rings. The van der Waals surface area contributed by atoms with Crippen LogP contribution in [-0.2, 0) is 24.8 Å². The predicted octanol–water partition coefficient (Wildman–Crippen LogP) is 2.15. The first-order valence-corrected chi connectivity index (χ1v) is 9.02. The molecule has 1 aliphatic heterocycles. The van der Waals surface area contributed by atoms with Crippen molar-refractivity contribution in [2.45, 2.75) is 46.2 Å².